The van der Waals surface area contributed by atoms with E-state index in [2.05, 4.69) is 15.9 Å². The predicted molar refractivity (Wildman–Crippen MR) is 73.7 cm³/mol. The molecular formula is C15H11BrF2O. The topological polar surface area (TPSA) is 17.1 Å². The lowest BCUT2D eigenvalue weighted by Crippen LogP contribution is -2.20. The predicted octanol–water partition coefficient (Wildman–Crippen LogP) is 4.48. The lowest BCUT2D eigenvalue weighted by molar-refractivity contribution is 0.0960. The van der Waals surface area contributed by atoms with Crippen LogP contribution in [0, 0.1) is 5.82 Å². The van der Waals surface area contributed by atoms with Gasteiger partial charge in [0, 0.05) is 5.56 Å². The van der Waals surface area contributed by atoms with Gasteiger partial charge in [-0.2, -0.15) is 0 Å². The summed E-state index contributed by atoms with van der Waals surface area (Å²) in [6.45, 7) is 0. The van der Waals surface area contributed by atoms with E-state index in [1.54, 1.807) is 30.3 Å². The lowest BCUT2D eigenvalue weighted by Gasteiger charge is -2.14. The smallest absolute Gasteiger partial charge is 0.179 e. The van der Waals surface area contributed by atoms with Gasteiger partial charge in [-0.1, -0.05) is 46.3 Å². The second kappa shape index (κ2) is 6.06. The van der Waals surface area contributed by atoms with E-state index in [9.17, 15) is 13.6 Å². The van der Waals surface area contributed by atoms with Crippen molar-refractivity contribution in [3.8, 4) is 0 Å². The third kappa shape index (κ3) is 3.26. The summed E-state index contributed by atoms with van der Waals surface area (Å²) in [5.41, 5.74) is 0.710. The van der Waals surface area contributed by atoms with Crippen LogP contribution in [-0.2, 0) is 0 Å². The number of benzene rings is 2. The summed E-state index contributed by atoms with van der Waals surface area (Å²) in [5.74, 6) is -0.834. The molecule has 0 aliphatic rings. The van der Waals surface area contributed by atoms with Gasteiger partial charge in [-0.3, -0.25) is 4.79 Å². The van der Waals surface area contributed by atoms with Crippen molar-refractivity contribution in [1.29, 1.82) is 0 Å². The van der Waals surface area contributed by atoms with Crippen LogP contribution in [0.4, 0.5) is 8.78 Å². The number of carbonyl (C=O) groups is 1. The van der Waals surface area contributed by atoms with Crippen molar-refractivity contribution in [2.75, 3.05) is 0 Å². The van der Waals surface area contributed by atoms with Gasteiger partial charge in [0.05, 0.1) is 0 Å². The fourth-order valence-corrected chi connectivity index (χ4v) is 2.28. The van der Waals surface area contributed by atoms with E-state index in [-0.39, 0.29) is 5.56 Å². The van der Waals surface area contributed by atoms with E-state index >= 15 is 0 Å². The maximum absolute atomic E-state index is 14.2. The van der Waals surface area contributed by atoms with Gasteiger partial charge < -0.3 is 0 Å². The molecule has 0 saturated carbocycles. The maximum Gasteiger partial charge on any atom is 0.179 e. The van der Waals surface area contributed by atoms with Gasteiger partial charge in [-0.25, -0.2) is 8.78 Å². The molecule has 0 N–H and O–H groups in total. The number of Topliss-reactive ketones (excluding diaryl/α,β-unsaturated/α-hetero) is 1. The second-order valence-electron chi connectivity index (χ2n) is 4.09. The first-order chi connectivity index (χ1) is 9.09. The molecule has 0 spiro atoms. The number of alkyl halides is 2. The van der Waals surface area contributed by atoms with Crippen LogP contribution in [0.1, 0.15) is 22.1 Å². The van der Waals surface area contributed by atoms with Gasteiger partial charge >= 0.3 is 0 Å². The number of rotatable bonds is 4. The van der Waals surface area contributed by atoms with E-state index in [0.717, 1.165) is 0 Å². The van der Waals surface area contributed by atoms with E-state index in [1.807, 2.05) is 0 Å². The SMILES string of the molecule is O=C(c1ccc(F)cc1)C(Br)C(F)c1ccccc1. The fraction of sp³-hybridized carbons (Fsp3) is 0.133. The Labute approximate surface area is 118 Å². The zero-order valence-corrected chi connectivity index (χ0v) is 11.5. The molecule has 0 heterocycles. The van der Waals surface area contributed by atoms with Crippen molar-refractivity contribution in [2.45, 2.75) is 11.0 Å². The Morgan fingerprint density at radius 1 is 1.00 bits per heavy atom. The Bertz CT molecular complexity index is 554. The molecular weight excluding hydrogens is 314 g/mol. The van der Waals surface area contributed by atoms with Crippen LogP contribution >= 0.6 is 15.9 Å². The Balaban J connectivity index is 2.17. The minimum Gasteiger partial charge on any atom is -0.293 e. The van der Waals surface area contributed by atoms with Gasteiger partial charge in [0.25, 0.3) is 0 Å². The third-order valence-electron chi connectivity index (χ3n) is 2.75. The molecule has 0 aliphatic heterocycles. The van der Waals surface area contributed by atoms with Gasteiger partial charge in [0.2, 0.25) is 0 Å². The van der Waals surface area contributed by atoms with Crippen LogP contribution in [0.15, 0.2) is 54.6 Å². The zero-order valence-electron chi connectivity index (χ0n) is 9.89. The standard InChI is InChI=1S/C15H11BrF2O/c16-13(14(18)10-4-2-1-3-5-10)15(19)11-6-8-12(17)9-7-11/h1-9,13-14H. The lowest BCUT2D eigenvalue weighted by atomic mass is 10.0. The quantitative estimate of drug-likeness (QED) is 0.598. The molecule has 2 rings (SSSR count). The largest absolute Gasteiger partial charge is 0.293 e. The maximum atomic E-state index is 14.2. The molecule has 0 radical (unpaired) electrons. The van der Waals surface area contributed by atoms with Gasteiger partial charge in [0.1, 0.15) is 16.8 Å². The summed E-state index contributed by atoms with van der Waals surface area (Å²) in [6, 6.07) is 13.5. The molecule has 0 aliphatic carbocycles. The molecule has 98 valence electrons. The highest BCUT2D eigenvalue weighted by molar-refractivity contribution is 9.10. The summed E-state index contributed by atoms with van der Waals surface area (Å²) in [6.07, 6.45) is -1.45. The van der Waals surface area contributed by atoms with Crippen LogP contribution in [0.25, 0.3) is 0 Å². The second-order valence-corrected chi connectivity index (χ2v) is 5.07. The summed E-state index contributed by atoms with van der Waals surface area (Å²) < 4.78 is 27.0. The monoisotopic (exact) mass is 324 g/mol. The molecule has 2 atom stereocenters. The van der Waals surface area contributed by atoms with Crippen molar-refractivity contribution in [3.05, 3.63) is 71.5 Å². The minimum atomic E-state index is -1.45. The average Bonchev–Trinajstić information content (AvgIpc) is 2.46. The van der Waals surface area contributed by atoms with Crippen LogP contribution in [0.5, 0.6) is 0 Å². The molecule has 19 heavy (non-hydrogen) atoms. The zero-order chi connectivity index (χ0) is 13.8. The fourth-order valence-electron chi connectivity index (χ4n) is 1.71. The molecule has 2 aromatic carbocycles. The summed E-state index contributed by atoms with van der Waals surface area (Å²) in [4.78, 5) is 11.1. The highest BCUT2D eigenvalue weighted by atomic mass is 79.9. The molecule has 2 aromatic rings. The number of hydrogen-bond donors (Lipinski definition) is 0. The number of halogens is 3. The first-order valence-electron chi connectivity index (χ1n) is 5.72. The molecule has 0 fully saturated rings. The van der Waals surface area contributed by atoms with Crippen LogP contribution in [0.2, 0.25) is 0 Å². The normalized spacial score (nSPS) is 13.8. The van der Waals surface area contributed by atoms with Gasteiger partial charge in [-0.05, 0) is 29.8 Å². The Hall–Kier alpha value is -1.55. The number of carbonyl (C=O) groups excluding carboxylic acids is 1. The van der Waals surface area contributed by atoms with E-state index in [0.29, 0.717) is 5.56 Å². The number of ketones is 1. The van der Waals surface area contributed by atoms with Crippen molar-refractivity contribution in [3.63, 3.8) is 0 Å². The average molecular weight is 325 g/mol. The molecule has 0 saturated heterocycles. The Kier molecular flexibility index (Phi) is 4.43. The summed E-state index contributed by atoms with van der Waals surface area (Å²) in [7, 11) is 0. The first kappa shape index (κ1) is 13.9. The molecule has 2 unspecified atom stereocenters. The first-order valence-corrected chi connectivity index (χ1v) is 6.64. The van der Waals surface area contributed by atoms with Crippen LogP contribution < -0.4 is 0 Å². The highest BCUT2D eigenvalue weighted by Gasteiger charge is 2.27. The molecule has 0 amide bonds. The summed E-state index contributed by atoms with van der Waals surface area (Å²) >= 11 is 3.08. The van der Waals surface area contributed by atoms with Crippen molar-refractivity contribution >= 4 is 21.7 Å². The minimum absolute atomic E-state index is 0.279. The number of hydrogen-bond acceptors (Lipinski definition) is 1. The van der Waals surface area contributed by atoms with E-state index in [4.69, 9.17) is 0 Å². The van der Waals surface area contributed by atoms with E-state index < -0.39 is 22.6 Å². The molecule has 0 aromatic heterocycles. The third-order valence-corrected chi connectivity index (χ3v) is 3.63. The van der Waals surface area contributed by atoms with Gasteiger partial charge in [-0.15, -0.1) is 0 Å². The Morgan fingerprint density at radius 2 is 1.58 bits per heavy atom. The van der Waals surface area contributed by atoms with Crippen LogP contribution in [-0.4, -0.2) is 10.6 Å². The summed E-state index contributed by atoms with van der Waals surface area (Å²) in [5, 5.41) is 0. The van der Waals surface area contributed by atoms with Crippen LogP contribution in [0.3, 0.4) is 0 Å². The van der Waals surface area contributed by atoms with Crippen molar-refractivity contribution < 1.29 is 13.6 Å². The van der Waals surface area contributed by atoms with Crippen molar-refractivity contribution in [2.24, 2.45) is 0 Å². The van der Waals surface area contributed by atoms with E-state index in [1.165, 1.54) is 24.3 Å². The van der Waals surface area contributed by atoms with Crippen molar-refractivity contribution in [1.82, 2.24) is 0 Å². The molecule has 0 bridgehead atoms. The molecule has 1 nitrogen and oxygen atoms in total. The highest BCUT2D eigenvalue weighted by Crippen LogP contribution is 2.29. The molecule has 4 heteroatoms. The Morgan fingerprint density at radius 3 is 2.16 bits per heavy atom. The van der Waals surface area contributed by atoms with Gasteiger partial charge in [0.15, 0.2) is 5.78 Å².